The van der Waals surface area contributed by atoms with E-state index in [9.17, 15) is 4.79 Å². The summed E-state index contributed by atoms with van der Waals surface area (Å²) < 4.78 is 13.3. The van der Waals surface area contributed by atoms with Crippen LogP contribution in [0.3, 0.4) is 0 Å². The molecule has 1 aliphatic heterocycles. The van der Waals surface area contributed by atoms with Crippen LogP contribution >= 0.6 is 11.6 Å². The molecule has 3 heterocycles. The number of ether oxygens (including phenoxy) is 2. The van der Waals surface area contributed by atoms with Gasteiger partial charge in [-0.15, -0.1) is 16.1 Å². The van der Waals surface area contributed by atoms with E-state index < -0.39 is 0 Å². The summed E-state index contributed by atoms with van der Waals surface area (Å²) in [6.07, 6.45) is 4.53. The Morgan fingerprint density at radius 2 is 2.00 bits per heavy atom. The third-order valence-electron chi connectivity index (χ3n) is 6.26. The van der Waals surface area contributed by atoms with Gasteiger partial charge in [0, 0.05) is 34.7 Å². The highest BCUT2D eigenvalue weighted by molar-refractivity contribution is 6.31. The molecule has 0 radical (unpaired) electrons. The molecule has 9 heteroatoms. The van der Waals surface area contributed by atoms with Gasteiger partial charge in [-0.25, -0.2) is 4.79 Å². The number of rotatable bonds is 7. The topological polar surface area (TPSA) is 85.3 Å². The summed E-state index contributed by atoms with van der Waals surface area (Å²) in [7, 11) is 0. The maximum absolute atomic E-state index is 13.0. The number of aromatic nitrogens is 4. The van der Waals surface area contributed by atoms with Crippen molar-refractivity contribution < 1.29 is 14.3 Å². The third-order valence-corrected chi connectivity index (χ3v) is 6.49. The van der Waals surface area contributed by atoms with Crippen LogP contribution in [0.25, 0.3) is 10.9 Å². The van der Waals surface area contributed by atoms with Gasteiger partial charge in [0.15, 0.2) is 6.61 Å². The number of aromatic amines is 1. The molecule has 1 amide bonds. The van der Waals surface area contributed by atoms with E-state index in [1.807, 2.05) is 47.0 Å². The SMILES string of the molecule is CC#CCOC(=O)N1CCc2c([nH]c3ccc(Cl)cc23)C1c1ccc(OCCCn2cnnc2)cc1. The number of carbonyl (C=O) groups excluding carboxylic acids is 1. The van der Waals surface area contributed by atoms with Crippen molar-refractivity contribution in [1.29, 1.82) is 0 Å². The number of halogens is 1. The molecule has 1 unspecified atom stereocenters. The molecule has 0 saturated carbocycles. The number of carbonyl (C=O) groups is 1. The van der Waals surface area contributed by atoms with Crippen molar-refractivity contribution in [2.75, 3.05) is 19.8 Å². The standard InChI is InChI=1S/C27H26ClN5O3/c1-2-3-14-36-27(34)33-13-11-22-23-16-20(28)7-10-24(23)31-25(22)26(33)19-5-8-21(9-6-19)35-15-4-12-32-17-29-30-18-32/h5-10,16-18,26,31H,4,11-15H2,1H3. The van der Waals surface area contributed by atoms with Crippen molar-refractivity contribution in [2.45, 2.75) is 32.4 Å². The zero-order valence-corrected chi connectivity index (χ0v) is 20.7. The largest absolute Gasteiger partial charge is 0.494 e. The summed E-state index contributed by atoms with van der Waals surface area (Å²) in [6, 6.07) is 13.4. The molecule has 184 valence electrons. The maximum atomic E-state index is 13.0. The van der Waals surface area contributed by atoms with Crippen LogP contribution in [0.2, 0.25) is 5.02 Å². The number of nitrogens with one attached hydrogen (secondary N) is 1. The Balaban J connectivity index is 1.38. The average Bonchev–Trinajstić information content (AvgIpc) is 3.54. The fourth-order valence-corrected chi connectivity index (χ4v) is 4.75. The van der Waals surface area contributed by atoms with Gasteiger partial charge in [0.25, 0.3) is 0 Å². The number of hydrogen-bond acceptors (Lipinski definition) is 5. The smallest absolute Gasteiger partial charge is 0.411 e. The Hall–Kier alpha value is -3.96. The summed E-state index contributed by atoms with van der Waals surface area (Å²) in [6.45, 7) is 3.68. The fraction of sp³-hybridized carbons (Fsp3) is 0.296. The van der Waals surface area contributed by atoms with E-state index in [-0.39, 0.29) is 18.7 Å². The Labute approximate surface area is 214 Å². The van der Waals surface area contributed by atoms with Crippen LogP contribution in [0, 0.1) is 11.8 Å². The second-order valence-corrected chi connectivity index (χ2v) is 8.94. The predicted molar refractivity (Wildman–Crippen MR) is 137 cm³/mol. The van der Waals surface area contributed by atoms with Crippen LogP contribution in [0.4, 0.5) is 4.79 Å². The molecule has 8 nitrogen and oxygen atoms in total. The second-order valence-electron chi connectivity index (χ2n) is 8.51. The highest BCUT2D eigenvalue weighted by atomic mass is 35.5. The molecular formula is C27H26ClN5O3. The average molecular weight is 504 g/mol. The van der Waals surface area contributed by atoms with Crippen LogP contribution < -0.4 is 4.74 Å². The summed E-state index contributed by atoms with van der Waals surface area (Å²) in [5.41, 5.74) is 4.10. The van der Waals surface area contributed by atoms with E-state index in [4.69, 9.17) is 21.1 Å². The van der Waals surface area contributed by atoms with Crippen LogP contribution in [-0.2, 0) is 17.7 Å². The molecular weight excluding hydrogens is 478 g/mol. The number of H-pyrrole nitrogens is 1. The lowest BCUT2D eigenvalue weighted by Crippen LogP contribution is -2.41. The van der Waals surface area contributed by atoms with Crippen molar-refractivity contribution in [3.8, 4) is 17.6 Å². The Morgan fingerprint density at radius 1 is 1.19 bits per heavy atom. The number of amides is 1. The molecule has 1 aliphatic rings. The van der Waals surface area contributed by atoms with Crippen molar-refractivity contribution in [3.63, 3.8) is 0 Å². The highest BCUT2D eigenvalue weighted by Crippen LogP contribution is 2.39. The number of fused-ring (bicyclic) bond motifs is 3. The summed E-state index contributed by atoms with van der Waals surface area (Å²) in [4.78, 5) is 18.3. The van der Waals surface area contributed by atoms with Crippen molar-refractivity contribution >= 4 is 28.6 Å². The molecule has 36 heavy (non-hydrogen) atoms. The van der Waals surface area contributed by atoms with Gasteiger partial charge in [-0.3, -0.25) is 4.90 Å². The summed E-state index contributed by atoms with van der Waals surface area (Å²) in [5.74, 6) is 6.32. The molecule has 1 N–H and O–H groups in total. The van der Waals surface area contributed by atoms with Crippen molar-refractivity contribution in [1.82, 2.24) is 24.6 Å². The van der Waals surface area contributed by atoms with E-state index in [2.05, 4.69) is 27.0 Å². The second kappa shape index (κ2) is 10.8. The van der Waals surface area contributed by atoms with E-state index >= 15 is 0 Å². The molecule has 4 aromatic rings. The molecule has 1 atom stereocenters. The first kappa shape index (κ1) is 23.8. The van der Waals surface area contributed by atoms with Gasteiger partial charge in [0.1, 0.15) is 24.4 Å². The molecule has 0 spiro atoms. The van der Waals surface area contributed by atoms with Gasteiger partial charge < -0.3 is 19.0 Å². The lowest BCUT2D eigenvalue weighted by Gasteiger charge is -2.35. The third kappa shape index (κ3) is 5.02. The quantitative estimate of drug-likeness (QED) is 0.284. The maximum Gasteiger partial charge on any atom is 0.411 e. The molecule has 2 aromatic heterocycles. The first-order chi connectivity index (χ1) is 17.6. The molecule has 0 fully saturated rings. The van der Waals surface area contributed by atoms with Crippen molar-refractivity contribution in [3.05, 3.63) is 77.0 Å². The molecule has 2 aromatic carbocycles. The Morgan fingerprint density at radius 3 is 2.78 bits per heavy atom. The first-order valence-corrected chi connectivity index (χ1v) is 12.2. The molecule has 5 rings (SSSR count). The normalized spacial score (nSPS) is 14.7. The van der Waals surface area contributed by atoms with Gasteiger partial charge in [0.2, 0.25) is 0 Å². The molecule has 0 saturated heterocycles. The zero-order valence-electron chi connectivity index (χ0n) is 19.9. The zero-order chi connectivity index (χ0) is 24.9. The van der Waals surface area contributed by atoms with E-state index in [1.165, 1.54) is 5.56 Å². The van der Waals surface area contributed by atoms with Crippen LogP contribution in [0.15, 0.2) is 55.1 Å². The Bertz CT molecular complexity index is 1400. The Kier molecular flexibility index (Phi) is 7.10. The van der Waals surface area contributed by atoms with Gasteiger partial charge in [-0.1, -0.05) is 29.7 Å². The van der Waals surface area contributed by atoms with Gasteiger partial charge in [0.05, 0.1) is 6.61 Å². The highest BCUT2D eigenvalue weighted by Gasteiger charge is 2.35. The molecule has 0 aliphatic carbocycles. The lowest BCUT2D eigenvalue weighted by molar-refractivity contribution is 0.0993. The van der Waals surface area contributed by atoms with Gasteiger partial charge in [-0.05, 0) is 61.2 Å². The monoisotopic (exact) mass is 503 g/mol. The number of aryl methyl sites for hydroxylation is 1. The number of nitrogens with zero attached hydrogens (tertiary/aromatic N) is 4. The van der Waals surface area contributed by atoms with E-state index in [1.54, 1.807) is 24.5 Å². The van der Waals surface area contributed by atoms with Crippen molar-refractivity contribution in [2.24, 2.45) is 0 Å². The number of benzene rings is 2. The van der Waals surface area contributed by atoms with Crippen LogP contribution in [0.5, 0.6) is 5.75 Å². The predicted octanol–water partition coefficient (Wildman–Crippen LogP) is 4.99. The van der Waals surface area contributed by atoms with E-state index in [0.717, 1.165) is 40.9 Å². The van der Waals surface area contributed by atoms with Crippen LogP contribution in [-0.4, -0.2) is 50.5 Å². The van der Waals surface area contributed by atoms with Gasteiger partial charge >= 0.3 is 6.09 Å². The van der Waals surface area contributed by atoms with Crippen LogP contribution in [0.1, 0.15) is 36.2 Å². The van der Waals surface area contributed by atoms with E-state index in [0.29, 0.717) is 24.6 Å². The van der Waals surface area contributed by atoms with Gasteiger partial charge in [-0.2, -0.15) is 0 Å². The lowest BCUT2D eigenvalue weighted by atomic mass is 9.92. The first-order valence-electron chi connectivity index (χ1n) is 11.8. The minimum absolute atomic E-state index is 0.0651. The number of hydrogen-bond donors (Lipinski definition) is 1. The summed E-state index contributed by atoms with van der Waals surface area (Å²) >= 11 is 6.29. The minimum atomic E-state index is -0.389. The fourth-order valence-electron chi connectivity index (χ4n) is 4.58. The summed E-state index contributed by atoms with van der Waals surface area (Å²) in [5, 5.41) is 9.38. The minimum Gasteiger partial charge on any atom is -0.494 e. The molecule has 0 bridgehead atoms.